The molecule has 88 valence electrons. The SMILES string of the molecule is CCCCCC(=O)C(C)C(=O)C(F)(F)F. The summed E-state index contributed by atoms with van der Waals surface area (Å²) >= 11 is 0. The normalized spacial score (nSPS) is 13.7. The maximum atomic E-state index is 11.9. The van der Waals surface area contributed by atoms with Gasteiger partial charge in [-0.15, -0.1) is 0 Å². The number of carbonyl (C=O) groups is 2. The number of hydrogen-bond donors (Lipinski definition) is 0. The predicted octanol–water partition coefficient (Wildman–Crippen LogP) is 2.90. The van der Waals surface area contributed by atoms with Crippen LogP contribution >= 0.6 is 0 Å². The second-order valence-electron chi connectivity index (χ2n) is 3.51. The van der Waals surface area contributed by atoms with E-state index in [0.29, 0.717) is 6.42 Å². The van der Waals surface area contributed by atoms with Crippen molar-refractivity contribution in [2.75, 3.05) is 0 Å². The fourth-order valence-electron chi connectivity index (χ4n) is 1.16. The van der Waals surface area contributed by atoms with Crippen LogP contribution < -0.4 is 0 Å². The van der Waals surface area contributed by atoms with Gasteiger partial charge in [0.15, 0.2) is 0 Å². The number of alkyl halides is 3. The first kappa shape index (κ1) is 14.1. The molecule has 0 amide bonds. The summed E-state index contributed by atoms with van der Waals surface area (Å²) in [7, 11) is 0. The van der Waals surface area contributed by atoms with E-state index in [1.165, 1.54) is 0 Å². The standard InChI is InChI=1S/C10H15F3O2/c1-3-4-5-6-8(14)7(2)9(15)10(11,12)13/h7H,3-6H2,1-2H3. The van der Waals surface area contributed by atoms with Crippen LogP contribution in [0.5, 0.6) is 0 Å². The molecule has 0 fully saturated rings. The molecule has 0 heterocycles. The fourth-order valence-corrected chi connectivity index (χ4v) is 1.16. The second-order valence-corrected chi connectivity index (χ2v) is 3.51. The minimum absolute atomic E-state index is 0.0524. The van der Waals surface area contributed by atoms with Crippen LogP contribution in [-0.4, -0.2) is 17.7 Å². The molecule has 1 atom stereocenters. The van der Waals surface area contributed by atoms with Gasteiger partial charge in [-0.2, -0.15) is 13.2 Å². The molecule has 0 rings (SSSR count). The first-order valence-electron chi connectivity index (χ1n) is 4.94. The third kappa shape index (κ3) is 4.95. The highest BCUT2D eigenvalue weighted by Gasteiger charge is 2.43. The molecule has 0 saturated heterocycles. The first-order chi connectivity index (χ1) is 6.80. The molecule has 2 nitrogen and oxygen atoms in total. The van der Waals surface area contributed by atoms with Gasteiger partial charge in [0.1, 0.15) is 5.78 Å². The highest BCUT2D eigenvalue weighted by atomic mass is 19.4. The predicted molar refractivity (Wildman–Crippen MR) is 49.4 cm³/mol. The average molecular weight is 224 g/mol. The summed E-state index contributed by atoms with van der Waals surface area (Å²) in [5, 5.41) is 0. The van der Waals surface area contributed by atoms with E-state index in [-0.39, 0.29) is 6.42 Å². The monoisotopic (exact) mass is 224 g/mol. The van der Waals surface area contributed by atoms with E-state index in [1.54, 1.807) is 0 Å². The van der Waals surface area contributed by atoms with Crippen molar-refractivity contribution in [3.05, 3.63) is 0 Å². The van der Waals surface area contributed by atoms with Crippen molar-refractivity contribution >= 4 is 11.6 Å². The van der Waals surface area contributed by atoms with Gasteiger partial charge in [0.25, 0.3) is 0 Å². The quantitative estimate of drug-likeness (QED) is 0.513. The van der Waals surface area contributed by atoms with Gasteiger partial charge >= 0.3 is 6.18 Å². The Bertz CT molecular complexity index is 233. The third-order valence-electron chi connectivity index (χ3n) is 2.18. The lowest BCUT2D eigenvalue weighted by Gasteiger charge is -2.11. The van der Waals surface area contributed by atoms with E-state index in [2.05, 4.69) is 0 Å². The largest absolute Gasteiger partial charge is 0.450 e. The first-order valence-corrected chi connectivity index (χ1v) is 4.94. The molecular weight excluding hydrogens is 209 g/mol. The molecule has 0 aromatic heterocycles. The van der Waals surface area contributed by atoms with Crippen LogP contribution in [0, 0.1) is 5.92 Å². The van der Waals surface area contributed by atoms with Gasteiger partial charge in [0, 0.05) is 6.42 Å². The van der Waals surface area contributed by atoms with Crippen molar-refractivity contribution in [1.82, 2.24) is 0 Å². The number of halogens is 3. The van der Waals surface area contributed by atoms with Gasteiger partial charge in [-0.1, -0.05) is 19.8 Å². The van der Waals surface area contributed by atoms with Crippen molar-refractivity contribution in [3.63, 3.8) is 0 Å². The summed E-state index contributed by atoms with van der Waals surface area (Å²) in [6.45, 7) is 2.94. The van der Waals surface area contributed by atoms with Gasteiger partial charge < -0.3 is 0 Å². The molecule has 5 heteroatoms. The van der Waals surface area contributed by atoms with Crippen LogP contribution in [0.15, 0.2) is 0 Å². The number of ketones is 2. The van der Waals surface area contributed by atoms with Crippen LogP contribution in [0.2, 0.25) is 0 Å². The lowest BCUT2D eigenvalue weighted by molar-refractivity contribution is -0.176. The van der Waals surface area contributed by atoms with Crippen molar-refractivity contribution in [3.8, 4) is 0 Å². The second kappa shape index (κ2) is 5.88. The molecule has 0 N–H and O–H groups in total. The number of hydrogen-bond acceptors (Lipinski definition) is 2. The van der Waals surface area contributed by atoms with E-state index in [1.807, 2.05) is 6.92 Å². The smallest absolute Gasteiger partial charge is 0.299 e. The zero-order valence-corrected chi connectivity index (χ0v) is 8.86. The Kier molecular flexibility index (Phi) is 5.54. The maximum Gasteiger partial charge on any atom is 0.450 e. The van der Waals surface area contributed by atoms with Crippen LogP contribution in [0.4, 0.5) is 13.2 Å². The average Bonchev–Trinajstić information content (AvgIpc) is 2.14. The topological polar surface area (TPSA) is 34.1 Å². The molecule has 0 aliphatic carbocycles. The molecule has 0 aliphatic heterocycles. The molecule has 0 saturated carbocycles. The molecular formula is C10H15F3O2. The van der Waals surface area contributed by atoms with Crippen LogP contribution in [0.1, 0.15) is 39.5 Å². The number of Topliss-reactive ketones (excluding diaryl/α,β-unsaturated/α-hetero) is 2. The molecule has 0 aromatic carbocycles. The molecule has 0 aromatic rings. The molecule has 1 unspecified atom stereocenters. The van der Waals surface area contributed by atoms with Gasteiger partial charge in [-0.3, -0.25) is 9.59 Å². The highest BCUT2D eigenvalue weighted by Crippen LogP contribution is 2.22. The van der Waals surface area contributed by atoms with Gasteiger partial charge in [0.2, 0.25) is 5.78 Å². The zero-order chi connectivity index (χ0) is 12.1. The minimum Gasteiger partial charge on any atom is -0.299 e. The van der Waals surface area contributed by atoms with Crippen LogP contribution in [0.25, 0.3) is 0 Å². The van der Waals surface area contributed by atoms with E-state index < -0.39 is 23.7 Å². The Morgan fingerprint density at radius 2 is 1.73 bits per heavy atom. The molecule has 0 bridgehead atoms. The van der Waals surface area contributed by atoms with Crippen molar-refractivity contribution in [2.24, 2.45) is 5.92 Å². The molecule has 15 heavy (non-hydrogen) atoms. The van der Waals surface area contributed by atoms with Gasteiger partial charge in [0.05, 0.1) is 5.92 Å². The number of carbonyl (C=O) groups excluding carboxylic acids is 2. The summed E-state index contributed by atoms with van der Waals surface area (Å²) in [5.74, 6) is -4.11. The minimum atomic E-state index is -4.90. The van der Waals surface area contributed by atoms with Crippen molar-refractivity contribution < 1.29 is 22.8 Å². The number of rotatable bonds is 6. The summed E-state index contributed by atoms with van der Waals surface area (Å²) in [5.41, 5.74) is 0. The lowest BCUT2D eigenvalue weighted by atomic mass is 9.96. The Morgan fingerprint density at radius 3 is 2.13 bits per heavy atom. The Morgan fingerprint density at radius 1 is 1.20 bits per heavy atom. The fraction of sp³-hybridized carbons (Fsp3) is 0.800. The van der Waals surface area contributed by atoms with E-state index in [0.717, 1.165) is 19.8 Å². The lowest BCUT2D eigenvalue weighted by Crippen LogP contribution is -2.33. The van der Waals surface area contributed by atoms with E-state index >= 15 is 0 Å². The highest BCUT2D eigenvalue weighted by molar-refractivity contribution is 6.04. The van der Waals surface area contributed by atoms with E-state index in [4.69, 9.17) is 0 Å². The summed E-state index contributed by atoms with van der Waals surface area (Å²) in [6.07, 6.45) is -2.63. The van der Waals surface area contributed by atoms with Gasteiger partial charge in [-0.25, -0.2) is 0 Å². The summed E-state index contributed by atoms with van der Waals surface area (Å²) in [6, 6.07) is 0. The summed E-state index contributed by atoms with van der Waals surface area (Å²) in [4.78, 5) is 21.9. The van der Waals surface area contributed by atoms with Crippen LogP contribution in [0.3, 0.4) is 0 Å². The Labute approximate surface area is 86.8 Å². The zero-order valence-electron chi connectivity index (χ0n) is 8.86. The van der Waals surface area contributed by atoms with Crippen LogP contribution in [-0.2, 0) is 9.59 Å². The van der Waals surface area contributed by atoms with E-state index in [9.17, 15) is 22.8 Å². The third-order valence-corrected chi connectivity index (χ3v) is 2.18. The number of unbranched alkanes of at least 4 members (excludes halogenated alkanes) is 2. The molecule has 0 aliphatic rings. The maximum absolute atomic E-state index is 11.9. The molecule has 0 radical (unpaired) electrons. The van der Waals surface area contributed by atoms with Crippen molar-refractivity contribution in [1.29, 1.82) is 0 Å². The molecule has 0 spiro atoms. The van der Waals surface area contributed by atoms with Crippen molar-refractivity contribution in [2.45, 2.75) is 45.7 Å². The van der Waals surface area contributed by atoms with Gasteiger partial charge in [-0.05, 0) is 13.3 Å². The Balaban J connectivity index is 4.15. The Hall–Kier alpha value is -0.870. The summed E-state index contributed by atoms with van der Waals surface area (Å²) < 4.78 is 35.8.